The van der Waals surface area contributed by atoms with E-state index in [2.05, 4.69) is 49.4 Å². The van der Waals surface area contributed by atoms with Gasteiger partial charge in [0.15, 0.2) is 37.3 Å². The van der Waals surface area contributed by atoms with Crippen molar-refractivity contribution in [1.82, 2.24) is 19.6 Å². The minimum absolute atomic E-state index is 0.0351. The summed E-state index contributed by atoms with van der Waals surface area (Å²) < 4.78 is 70.9. The molecule has 0 bridgehead atoms. The van der Waals surface area contributed by atoms with Gasteiger partial charge < -0.3 is 14.5 Å². The van der Waals surface area contributed by atoms with Gasteiger partial charge in [-0.2, -0.15) is 10.2 Å². The number of benzene rings is 2. The number of ether oxygens (including phenoxy) is 1. The number of aromatic nitrogens is 4. The van der Waals surface area contributed by atoms with Crippen molar-refractivity contribution in [2.75, 3.05) is 11.9 Å². The highest BCUT2D eigenvalue weighted by Crippen LogP contribution is 2.36. The second-order valence-electron chi connectivity index (χ2n) is 11.6. The monoisotopic (exact) mass is 631 g/mol. The quantitative estimate of drug-likeness (QED) is 0.156. The van der Waals surface area contributed by atoms with Crippen LogP contribution in [-0.4, -0.2) is 40.4 Å². The molecule has 0 aliphatic carbocycles. The Morgan fingerprint density at radius 3 is 2.20 bits per heavy atom. The number of carbonyl (C=O) groups is 1. The highest BCUT2D eigenvalue weighted by molar-refractivity contribution is 6.74. The Labute approximate surface area is 252 Å². The van der Waals surface area contributed by atoms with Crippen LogP contribution >= 0.6 is 0 Å². The second-order valence-corrected chi connectivity index (χ2v) is 16.4. The predicted octanol–water partition coefficient (Wildman–Crippen LogP) is 6.23. The van der Waals surface area contributed by atoms with Crippen LogP contribution in [0.5, 0.6) is 11.5 Å². The molecule has 0 radical (unpaired) electrons. The Bertz CT molecular complexity index is 1660. The lowest BCUT2D eigenvalue weighted by Gasteiger charge is -2.36. The number of hydrogen-bond donors (Lipinski definition) is 1. The van der Waals surface area contributed by atoms with Crippen LogP contribution < -0.4 is 15.6 Å². The highest BCUT2D eigenvalue weighted by Gasteiger charge is 2.37. The lowest BCUT2D eigenvalue weighted by atomic mass is 10.0. The van der Waals surface area contributed by atoms with Gasteiger partial charge in [-0.05, 0) is 42.4 Å². The topological polar surface area (TPSA) is 100 Å². The van der Waals surface area contributed by atoms with E-state index in [1.165, 1.54) is 12.1 Å². The van der Waals surface area contributed by atoms with E-state index in [1.807, 2.05) is 0 Å². The molecular formula is C30H33F4N5O4Si. The fourth-order valence-corrected chi connectivity index (χ4v) is 5.01. The van der Waals surface area contributed by atoms with Crippen LogP contribution in [0.25, 0.3) is 0 Å². The van der Waals surface area contributed by atoms with Crippen LogP contribution in [-0.2, 0) is 22.2 Å². The van der Waals surface area contributed by atoms with Crippen molar-refractivity contribution in [1.29, 1.82) is 0 Å². The molecule has 1 N–H and O–H groups in total. The van der Waals surface area contributed by atoms with Gasteiger partial charge in [-0.3, -0.25) is 14.3 Å². The fraction of sp³-hybridized carbons (Fsp3) is 0.333. The Morgan fingerprint density at radius 2 is 1.61 bits per heavy atom. The van der Waals surface area contributed by atoms with Crippen molar-refractivity contribution < 1.29 is 31.5 Å². The smallest absolute Gasteiger partial charge is 0.271 e. The lowest BCUT2D eigenvalue weighted by Crippen LogP contribution is -2.41. The third-order valence-corrected chi connectivity index (χ3v) is 12.0. The summed E-state index contributed by atoms with van der Waals surface area (Å²) in [7, 11) is -1.97. The van der Waals surface area contributed by atoms with E-state index < -0.39 is 66.8 Å². The van der Waals surface area contributed by atoms with Gasteiger partial charge in [0.25, 0.3) is 11.5 Å². The van der Waals surface area contributed by atoms with Crippen molar-refractivity contribution in [3.05, 3.63) is 100 Å². The first-order valence-corrected chi connectivity index (χ1v) is 16.7. The van der Waals surface area contributed by atoms with Crippen molar-refractivity contribution in [2.45, 2.75) is 57.9 Å². The van der Waals surface area contributed by atoms with E-state index in [4.69, 9.17) is 9.16 Å². The van der Waals surface area contributed by atoms with E-state index >= 15 is 0 Å². The number of anilines is 1. The van der Waals surface area contributed by atoms with Crippen LogP contribution in [0.2, 0.25) is 18.1 Å². The molecule has 2 aromatic carbocycles. The van der Waals surface area contributed by atoms with E-state index in [9.17, 15) is 27.2 Å². The summed E-state index contributed by atoms with van der Waals surface area (Å²) in [4.78, 5) is 26.5. The standard InChI is InChI=1S/C30H33F4N5O4Si/c1-30(2,3)44(4,5)42-15-14-38-13-12-26(37-38)36-29(41)25(17-20-21(31)8-6-9-22(20)32)39-27(40)16-19(18-35-39)43-28-23(33)10-7-11-24(28)34/h6-13,16,18,25H,14-15,17H2,1-5H3,(H,36,37,41). The maximum atomic E-state index is 14.6. The molecule has 1 unspecified atom stereocenters. The van der Waals surface area contributed by atoms with E-state index in [1.54, 1.807) is 10.9 Å². The number of halogens is 4. The minimum atomic E-state index is -1.97. The SMILES string of the molecule is CC(C)(C)[Si](C)(C)OCCn1ccc(NC(=O)C(Cc2c(F)cccc2F)n2ncc(Oc3c(F)cccc3F)cc2=O)n1. The maximum Gasteiger partial charge on any atom is 0.271 e. The molecular weight excluding hydrogens is 598 g/mol. The van der Waals surface area contributed by atoms with Crippen LogP contribution in [0, 0.1) is 23.3 Å². The average molecular weight is 632 g/mol. The number of hydrogen-bond acceptors (Lipinski definition) is 6. The lowest BCUT2D eigenvalue weighted by molar-refractivity contribution is -0.119. The first kappa shape index (κ1) is 32.6. The normalized spacial score (nSPS) is 12.7. The molecule has 2 heterocycles. The van der Waals surface area contributed by atoms with Gasteiger partial charge in [0.1, 0.15) is 17.7 Å². The fourth-order valence-electron chi connectivity index (χ4n) is 3.97. The minimum Gasteiger partial charge on any atom is -0.449 e. The Hall–Kier alpha value is -4.30. The van der Waals surface area contributed by atoms with Crippen molar-refractivity contribution in [3.63, 3.8) is 0 Å². The van der Waals surface area contributed by atoms with Gasteiger partial charge in [0.2, 0.25) is 0 Å². The Morgan fingerprint density at radius 1 is 1.00 bits per heavy atom. The van der Waals surface area contributed by atoms with Gasteiger partial charge >= 0.3 is 0 Å². The first-order valence-electron chi connectivity index (χ1n) is 13.8. The molecule has 14 heteroatoms. The molecule has 4 aromatic rings. The third kappa shape index (κ3) is 7.61. The van der Waals surface area contributed by atoms with Crippen LogP contribution in [0.15, 0.2) is 65.7 Å². The second kappa shape index (κ2) is 13.1. The molecule has 44 heavy (non-hydrogen) atoms. The highest BCUT2D eigenvalue weighted by atomic mass is 28.4. The molecule has 4 rings (SSSR count). The van der Waals surface area contributed by atoms with Gasteiger partial charge in [0.05, 0.1) is 19.3 Å². The third-order valence-electron chi connectivity index (χ3n) is 7.48. The summed E-state index contributed by atoms with van der Waals surface area (Å²) in [6.45, 7) is 11.5. The summed E-state index contributed by atoms with van der Waals surface area (Å²) in [5.74, 6) is -5.62. The summed E-state index contributed by atoms with van der Waals surface area (Å²) in [5.41, 5.74) is -1.37. The molecule has 1 atom stereocenters. The van der Waals surface area contributed by atoms with Crippen molar-refractivity contribution in [3.8, 4) is 11.5 Å². The van der Waals surface area contributed by atoms with Crippen molar-refractivity contribution >= 4 is 20.0 Å². The number of nitrogens with zero attached hydrogens (tertiary/aromatic N) is 4. The van der Waals surface area contributed by atoms with Gasteiger partial charge in [-0.25, -0.2) is 22.2 Å². The van der Waals surface area contributed by atoms with Gasteiger partial charge in [-0.1, -0.05) is 32.9 Å². The van der Waals surface area contributed by atoms with Gasteiger partial charge in [0, 0.05) is 30.3 Å². The number of carbonyl (C=O) groups excluding carboxylic acids is 1. The van der Waals surface area contributed by atoms with E-state index in [0.29, 0.717) is 17.8 Å². The average Bonchev–Trinajstić information content (AvgIpc) is 3.37. The molecule has 0 spiro atoms. The molecule has 0 aliphatic heterocycles. The summed E-state index contributed by atoms with van der Waals surface area (Å²) in [5, 5.41) is 10.9. The number of nitrogens with one attached hydrogen (secondary N) is 1. The number of para-hydroxylation sites is 1. The zero-order chi connectivity index (χ0) is 32.2. The van der Waals surface area contributed by atoms with E-state index in [-0.39, 0.29) is 16.6 Å². The molecule has 0 fully saturated rings. The summed E-state index contributed by atoms with van der Waals surface area (Å²) >= 11 is 0. The zero-order valence-electron chi connectivity index (χ0n) is 24.9. The van der Waals surface area contributed by atoms with Crippen LogP contribution in [0.3, 0.4) is 0 Å². The summed E-state index contributed by atoms with van der Waals surface area (Å²) in [6.07, 6.45) is 2.01. The first-order chi connectivity index (χ1) is 20.7. The van der Waals surface area contributed by atoms with Gasteiger partial charge in [-0.15, -0.1) is 0 Å². The largest absolute Gasteiger partial charge is 0.449 e. The zero-order valence-corrected chi connectivity index (χ0v) is 25.9. The molecule has 0 saturated carbocycles. The molecule has 1 amide bonds. The number of rotatable bonds is 11. The molecule has 234 valence electrons. The molecule has 9 nitrogen and oxygen atoms in total. The van der Waals surface area contributed by atoms with E-state index in [0.717, 1.165) is 42.6 Å². The van der Waals surface area contributed by atoms with Crippen molar-refractivity contribution in [2.24, 2.45) is 0 Å². The van der Waals surface area contributed by atoms with Crippen LogP contribution in [0.1, 0.15) is 32.4 Å². The molecule has 2 aromatic heterocycles. The maximum absolute atomic E-state index is 14.6. The number of amides is 1. The summed E-state index contributed by atoms with van der Waals surface area (Å²) in [6, 6.07) is 7.15. The van der Waals surface area contributed by atoms with Crippen LogP contribution in [0.4, 0.5) is 23.4 Å². The molecule has 0 aliphatic rings. The Kier molecular flexibility index (Phi) is 9.74. The molecule has 0 saturated heterocycles. The Balaban J connectivity index is 1.56. The predicted molar refractivity (Wildman–Crippen MR) is 158 cm³/mol.